The monoisotopic (exact) mass is 197 g/mol. The Hall–Kier alpha value is -0.940. The molecule has 0 aromatic carbocycles. The average molecular weight is 197 g/mol. The molecule has 0 aliphatic heterocycles. The van der Waals surface area contributed by atoms with Crippen molar-refractivity contribution in [3.8, 4) is 0 Å². The highest BCUT2D eigenvalue weighted by Crippen LogP contribution is 2.34. The van der Waals surface area contributed by atoms with E-state index in [9.17, 15) is 0 Å². The predicted molar refractivity (Wildman–Crippen MR) is 49.7 cm³/mol. The van der Waals surface area contributed by atoms with Crippen LogP contribution in [0.15, 0.2) is 4.52 Å². The smallest absolute Gasteiger partial charge is 0.257 e. The minimum atomic E-state index is -0.267. The summed E-state index contributed by atoms with van der Waals surface area (Å²) in [6.45, 7) is 0.364. The number of rotatable bonds is 4. The van der Waals surface area contributed by atoms with E-state index in [1.807, 2.05) is 0 Å². The van der Waals surface area contributed by atoms with Crippen LogP contribution in [0.4, 0.5) is 0 Å². The van der Waals surface area contributed by atoms with Crippen LogP contribution in [0.5, 0.6) is 0 Å². The molecule has 14 heavy (non-hydrogen) atoms. The molecular formula is C9H15N3O2. The molecule has 1 saturated carbocycles. The van der Waals surface area contributed by atoms with Gasteiger partial charge in [0.2, 0.25) is 0 Å². The Bertz CT molecular complexity index is 292. The Morgan fingerprint density at radius 1 is 1.64 bits per heavy atom. The third-order valence-corrected chi connectivity index (χ3v) is 2.70. The minimum absolute atomic E-state index is 0.267. The standard InChI is InChI=1S/C9H15N3O2/c1-13-7(5-10)9-11-8(12-14-9)6-3-2-4-6/h6-7H,2-5,10H2,1H3. The van der Waals surface area contributed by atoms with Crippen molar-refractivity contribution in [2.45, 2.75) is 31.3 Å². The first kappa shape index (κ1) is 9.61. The van der Waals surface area contributed by atoms with Crippen molar-refractivity contribution in [2.75, 3.05) is 13.7 Å². The lowest BCUT2D eigenvalue weighted by Crippen LogP contribution is -2.15. The van der Waals surface area contributed by atoms with Gasteiger partial charge in [-0.3, -0.25) is 0 Å². The predicted octanol–water partition coefficient (Wildman–Crippen LogP) is 0.983. The van der Waals surface area contributed by atoms with E-state index in [1.165, 1.54) is 19.3 Å². The zero-order chi connectivity index (χ0) is 9.97. The van der Waals surface area contributed by atoms with E-state index in [4.69, 9.17) is 15.0 Å². The fraction of sp³-hybridized carbons (Fsp3) is 0.778. The maximum atomic E-state index is 5.49. The third kappa shape index (κ3) is 1.65. The van der Waals surface area contributed by atoms with Gasteiger partial charge in [0.05, 0.1) is 0 Å². The molecule has 1 aromatic rings. The molecule has 2 N–H and O–H groups in total. The summed E-state index contributed by atoms with van der Waals surface area (Å²) in [4.78, 5) is 4.29. The second-order valence-corrected chi connectivity index (χ2v) is 3.58. The molecule has 1 aromatic heterocycles. The van der Waals surface area contributed by atoms with Crippen LogP contribution in [0.3, 0.4) is 0 Å². The van der Waals surface area contributed by atoms with E-state index >= 15 is 0 Å². The second kappa shape index (κ2) is 4.06. The highest BCUT2D eigenvalue weighted by molar-refractivity contribution is 5.01. The minimum Gasteiger partial charge on any atom is -0.370 e. The Balaban J connectivity index is 2.07. The fourth-order valence-electron chi connectivity index (χ4n) is 1.51. The van der Waals surface area contributed by atoms with Gasteiger partial charge in [0.1, 0.15) is 6.10 Å². The van der Waals surface area contributed by atoms with E-state index < -0.39 is 0 Å². The highest BCUT2D eigenvalue weighted by atomic mass is 16.5. The van der Waals surface area contributed by atoms with Crippen LogP contribution in [0.1, 0.15) is 43.0 Å². The topological polar surface area (TPSA) is 74.2 Å². The number of hydrogen-bond acceptors (Lipinski definition) is 5. The van der Waals surface area contributed by atoms with Crippen LogP contribution in [0.2, 0.25) is 0 Å². The molecule has 0 spiro atoms. The summed E-state index contributed by atoms with van der Waals surface area (Å²) in [5.41, 5.74) is 5.49. The molecule has 1 fully saturated rings. The first-order valence-electron chi connectivity index (χ1n) is 4.91. The molecule has 0 saturated heterocycles. The summed E-state index contributed by atoms with van der Waals surface area (Å²) >= 11 is 0. The molecule has 0 bridgehead atoms. The largest absolute Gasteiger partial charge is 0.370 e. The molecule has 1 unspecified atom stereocenters. The number of hydrogen-bond donors (Lipinski definition) is 1. The molecule has 0 amide bonds. The molecule has 5 heteroatoms. The lowest BCUT2D eigenvalue weighted by Gasteiger charge is -2.21. The lowest BCUT2D eigenvalue weighted by atomic mass is 9.85. The van der Waals surface area contributed by atoms with Crippen LogP contribution in [0, 0.1) is 0 Å². The second-order valence-electron chi connectivity index (χ2n) is 3.58. The molecular weight excluding hydrogens is 182 g/mol. The van der Waals surface area contributed by atoms with Crippen molar-refractivity contribution in [1.82, 2.24) is 10.1 Å². The Morgan fingerprint density at radius 2 is 2.43 bits per heavy atom. The Kier molecular flexibility index (Phi) is 2.79. The quantitative estimate of drug-likeness (QED) is 0.778. The molecule has 2 rings (SSSR count). The summed E-state index contributed by atoms with van der Waals surface area (Å²) in [5, 5.41) is 3.93. The average Bonchev–Trinajstić information content (AvgIpc) is 2.53. The van der Waals surface area contributed by atoms with Gasteiger partial charge < -0.3 is 15.0 Å². The van der Waals surface area contributed by atoms with Gasteiger partial charge in [0, 0.05) is 19.6 Å². The van der Waals surface area contributed by atoms with E-state index in [-0.39, 0.29) is 6.10 Å². The van der Waals surface area contributed by atoms with Gasteiger partial charge in [-0.05, 0) is 12.8 Å². The fourth-order valence-corrected chi connectivity index (χ4v) is 1.51. The molecule has 0 radical (unpaired) electrons. The van der Waals surface area contributed by atoms with Crippen LogP contribution in [0.25, 0.3) is 0 Å². The normalized spacial score (nSPS) is 19.3. The van der Waals surface area contributed by atoms with E-state index in [0.29, 0.717) is 18.4 Å². The summed E-state index contributed by atoms with van der Waals surface area (Å²) in [6, 6.07) is 0. The van der Waals surface area contributed by atoms with Crippen molar-refractivity contribution in [2.24, 2.45) is 5.73 Å². The van der Waals surface area contributed by atoms with Gasteiger partial charge in [0.15, 0.2) is 5.82 Å². The van der Waals surface area contributed by atoms with E-state index in [0.717, 1.165) is 5.82 Å². The number of nitrogens with zero attached hydrogens (tertiary/aromatic N) is 2. The molecule has 1 aliphatic carbocycles. The van der Waals surface area contributed by atoms with Crippen LogP contribution in [-0.4, -0.2) is 23.8 Å². The van der Waals surface area contributed by atoms with Gasteiger partial charge in [-0.25, -0.2) is 0 Å². The van der Waals surface area contributed by atoms with Gasteiger partial charge in [0.25, 0.3) is 5.89 Å². The van der Waals surface area contributed by atoms with Crippen LogP contribution >= 0.6 is 0 Å². The molecule has 1 atom stereocenters. The van der Waals surface area contributed by atoms with Crippen molar-refractivity contribution >= 4 is 0 Å². The lowest BCUT2D eigenvalue weighted by molar-refractivity contribution is 0.0803. The zero-order valence-corrected chi connectivity index (χ0v) is 8.27. The number of aromatic nitrogens is 2. The third-order valence-electron chi connectivity index (χ3n) is 2.70. The Morgan fingerprint density at radius 3 is 2.93 bits per heavy atom. The van der Waals surface area contributed by atoms with Crippen LogP contribution in [-0.2, 0) is 4.74 Å². The summed E-state index contributed by atoms with van der Waals surface area (Å²) in [6.07, 6.45) is 3.33. The summed E-state index contributed by atoms with van der Waals surface area (Å²) in [7, 11) is 1.59. The zero-order valence-electron chi connectivity index (χ0n) is 8.27. The maximum Gasteiger partial charge on any atom is 0.257 e. The summed E-state index contributed by atoms with van der Waals surface area (Å²) < 4.78 is 10.2. The Labute approximate surface area is 82.6 Å². The number of nitrogens with two attached hydrogens (primary N) is 1. The van der Waals surface area contributed by atoms with Crippen molar-refractivity contribution in [3.05, 3.63) is 11.7 Å². The molecule has 1 heterocycles. The number of methoxy groups -OCH3 is 1. The number of ether oxygens (including phenoxy) is 1. The molecule has 78 valence electrons. The van der Waals surface area contributed by atoms with Gasteiger partial charge >= 0.3 is 0 Å². The molecule has 5 nitrogen and oxygen atoms in total. The van der Waals surface area contributed by atoms with Gasteiger partial charge in [-0.1, -0.05) is 11.6 Å². The first-order valence-corrected chi connectivity index (χ1v) is 4.91. The van der Waals surface area contributed by atoms with Gasteiger partial charge in [-0.2, -0.15) is 4.98 Å². The van der Waals surface area contributed by atoms with E-state index in [2.05, 4.69) is 10.1 Å². The molecule has 1 aliphatic rings. The van der Waals surface area contributed by atoms with Crippen molar-refractivity contribution in [3.63, 3.8) is 0 Å². The first-order chi connectivity index (χ1) is 6.85. The summed E-state index contributed by atoms with van der Waals surface area (Å²) in [5.74, 6) is 1.79. The SMILES string of the molecule is COC(CN)c1nc(C2CCC2)no1. The van der Waals surface area contributed by atoms with Crippen molar-refractivity contribution < 1.29 is 9.26 Å². The van der Waals surface area contributed by atoms with Crippen LogP contribution < -0.4 is 5.73 Å². The van der Waals surface area contributed by atoms with E-state index in [1.54, 1.807) is 7.11 Å². The van der Waals surface area contributed by atoms with Gasteiger partial charge in [-0.15, -0.1) is 0 Å². The highest BCUT2D eigenvalue weighted by Gasteiger charge is 2.26. The maximum absolute atomic E-state index is 5.49. The van der Waals surface area contributed by atoms with Crippen molar-refractivity contribution in [1.29, 1.82) is 0 Å².